The quantitative estimate of drug-likeness (QED) is 0.181. The van der Waals surface area contributed by atoms with Crippen molar-refractivity contribution in [2.75, 3.05) is 0 Å². The van der Waals surface area contributed by atoms with Crippen molar-refractivity contribution in [3.05, 3.63) is 188 Å². The van der Waals surface area contributed by atoms with E-state index in [-0.39, 0.29) is 0 Å². The van der Waals surface area contributed by atoms with Crippen molar-refractivity contribution in [3.8, 4) is 78.1 Å². The van der Waals surface area contributed by atoms with Crippen LogP contribution in [-0.4, -0.2) is 15.0 Å². The van der Waals surface area contributed by atoms with Crippen LogP contribution in [0.15, 0.2) is 188 Å². The van der Waals surface area contributed by atoms with Crippen LogP contribution in [0, 0.1) is 0 Å². The van der Waals surface area contributed by atoms with Gasteiger partial charge in [-0.2, -0.15) is 0 Å². The van der Waals surface area contributed by atoms with Gasteiger partial charge in [-0.25, -0.2) is 0 Å². The summed E-state index contributed by atoms with van der Waals surface area (Å²) in [6.45, 7) is 0. The van der Waals surface area contributed by atoms with Crippen LogP contribution in [0.4, 0.5) is 0 Å². The fourth-order valence-electron chi connectivity index (χ4n) is 8.71. The van der Waals surface area contributed by atoms with Crippen molar-refractivity contribution >= 4 is 32.4 Å². The van der Waals surface area contributed by atoms with Gasteiger partial charge in [0.25, 0.3) is 0 Å². The van der Waals surface area contributed by atoms with E-state index in [9.17, 15) is 0 Å². The lowest BCUT2D eigenvalue weighted by molar-refractivity contribution is 1.25. The molecule has 250 valence electrons. The topological polar surface area (TPSA) is 38.7 Å². The van der Waals surface area contributed by atoms with Crippen molar-refractivity contribution in [1.29, 1.82) is 0 Å². The Balaban J connectivity index is 1.15. The van der Waals surface area contributed by atoms with E-state index in [2.05, 4.69) is 145 Å². The van der Waals surface area contributed by atoms with E-state index in [4.69, 9.17) is 9.97 Å². The molecule has 11 rings (SSSR count). The lowest BCUT2D eigenvalue weighted by Gasteiger charge is -2.20. The molecule has 0 N–H and O–H groups in total. The van der Waals surface area contributed by atoms with Gasteiger partial charge in [0.05, 0.1) is 16.9 Å². The Morgan fingerprint density at radius 3 is 1.54 bits per heavy atom. The van der Waals surface area contributed by atoms with Gasteiger partial charge in [0, 0.05) is 35.1 Å². The first-order valence-electron chi connectivity index (χ1n) is 18.4. The summed E-state index contributed by atoms with van der Waals surface area (Å²) in [6, 6.07) is 61.0. The predicted molar refractivity (Wildman–Crippen MR) is 224 cm³/mol. The summed E-state index contributed by atoms with van der Waals surface area (Å²) < 4.78 is 0. The molecule has 7 aromatic carbocycles. The van der Waals surface area contributed by atoms with Gasteiger partial charge in [0.2, 0.25) is 0 Å². The Labute approximate surface area is 312 Å². The minimum Gasteiger partial charge on any atom is -0.256 e. The normalized spacial score (nSPS) is 11.7. The van der Waals surface area contributed by atoms with Gasteiger partial charge < -0.3 is 0 Å². The van der Waals surface area contributed by atoms with Crippen molar-refractivity contribution in [2.24, 2.45) is 0 Å². The molecule has 0 aliphatic heterocycles. The third kappa shape index (κ3) is 4.59. The number of nitrogens with zero attached hydrogens (tertiary/aromatic N) is 3. The van der Waals surface area contributed by atoms with Crippen molar-refractivity contribution in [1.82, 2.24) is 15.0 Å². The van der Waals surface area contributed by atoms with Gasteiger partial charge in [-0.3, -0.25) is 15.0 Å². The summed E-state index contributed by atoms with van der Waals surface area (Å²) in [7, 11) is 0. The maximum Gasteiger partial charge on any atom is 0.0886 e. The minimum atomic E-state index is 0.853. The Morgan fingerprint density at radius 1 is 0.278 bits per heavy atom. The first-order valence-corrected chi connectivity index (χ1v) is 18.4. The molecule has 54 heavy (non-hydrogen) atoms. The Kier molecular flexibility index (Phi) is 6.86. The molecule has 1 aliphatic carbocycles. The summed E-state index contributed by atoms with van der Waals surface area (Å²) in [5, 5.41) is 6.14. The highest BCUT2D eigenvalue weighted by molar-refractivity contribution is 6.29. The molecule has 1 aliphatic rings. The summed E-state index contributed by atoms with van der Waals surface area (Å²) in [5.74, 6) is 0. The highest BCUT2D eigenvalue weighted by atomic mass is 14.8. The van der Waals surface area contributed by atoms with Crippen LogP contribution in [0.3, 0.4) is 0 Å². The van der Waals surface area contributed by atoms with Gasteiger partial charge in [0.15, 0.2) is 0 Å². The molecule has 0 bridgehead atoms. The molecular formula is C51H31N3. The van der Waals surface area contributed by atoms with E-state index >= 15 is 0 Å². The van der Waals surface area contributed by atoms with E-state index in [0.29, 0.717) is 0 Å². The lowest BCUT2D eigenvalue weighted by atomic mass is 9.82. The Hall–Kier alpha value is -7.23. The molecule has 3 nitrogen and oxygen atoms in total. The molecule has 0 fully saturated rings. The van der Waals surface area contributed by atoms with Crippen LogP contribution in [-0.2, 0) is 0 Å². The van der Waals surface area contributed by atoms with Crippen LogP contribution in [0.2, 0.25) is 0 Å². The lowest BCUT2D eigenvalue weighted by Crippen LogP contribution is -1.93. The molecule has 0 saturated heterocycles. The molecular weight excluding hydrogens is 655 g/mol. The Bertz CT molecular complexity index is 2970. The third-order valence-electron chi connectivity index (χ3n) is 11.0. The second kappa shape index (κ2) is 12.2. The second-order valence-corrected chi connectivity index (χ2v) is 13.9. The van der Waals surface area contributed by atoms with Crippen molar-refractivity contribution in [3.63, 3.8) is 0 Å². The van der Waals surface area contributed by atoms with Gasteiger partial charge in [0.1, 0.15) is 0 Å². The van der Waals surface area contributed by atoms with Gasteiger partial charge in [-0.15, -0.1) is 0 Å². The number of benzene rings is 7. The average molecular weight is 686 g/mol. The highest BCUT2D eigenvalue weighted by Crippen LogP contribution is 2.58. The number of aromatic nitrogens is 3. The molecule has 10 aromatic rings. The first kappa shape index (κ1) is 30.4. The largest absolute Gasteiger partial charge is 0.256 e. The smallest absolute Gasteiger partial charge is 0.0886 e. The fraction of sp³-hybridized carbons (Fsp3) is 0. The molecule has 3 heterocycles. The molecule has 3 aromatic heterocycles. The van der Waals surface area contributed by atoms with E-state index in [1.54, 1.807) is 6.20 Å². The average Bonchev–Trinajstić information content (AvgIpc) is 3.58. The molecule has 0 saturated carbocycles. The fourth-order valence-corrected chi connectivity index (χ4v) is 8.71. The zero-order valence-electron chi connectivity index (χ0n) is 29.2. The van der Waals surface area contributed by atoms with Crippen molar-refractivity contribution < 1.29 is 0 Å². The number of hydrogen-bond acceptors (Lipinski definition) is 3. The number of hydrogen-bond donors (Lipinski definition) is 0. The number of pyridine rings is 3. The minimum absolute atomic E-state index is 0.853. The van der Waals surface area contributed by atoms with E-state index in [0.717, 1.165) is 39.0 Å². The second-order valence-electron chi connectivity index (χ2n) is 13.9. The Morgan fingerprint density at radius 2 is 0.852 bits per heavy atom. The number of rotatable bonds is 5. The van der Waals surface area contributed by atoms with E-state index < -0.39 is 0 Å². The summed E-state index contributed by atoms with van der Waals surface area (Å²) in [5.41, 5.74) is 17.3. The van der Waals surface area contributed by atoms with Crippen molar-refractivity contribution in [2.45, 2.75) is 0 Å². The molecule has 0 radical (unpaired) electrons. The summed E-state index contributed by atoms with van der Waals surface area (Å²) in [4.78, 5) is 14.3. The van der Waals surface area contributed by atoms with E-state index in [1.807, 2.05) is 42.7 Å². The molecule has 0 spiro atoms. The summed E-state index contributed by atoms with van der Waals surface area (Å²) >= 11 is 0. The van der Waals surface area contributed by atoms with Crippen LogP contribution in [0.5, 0.6) is 0 Å². The highest BCUT2D eigenvalue weighted by Gasteiger charge is 2.31. The monoisotopic (exact) mass is 685 g/mol. The first-order chi connectivity index (χ1) is 26.8. The SMILES string of the molecule is c1ccc(-c2c3c(c(-c4ccccc4)c4ccccc24)-c2ccc(-c4ccc(-c5ccc(-c6ccccn6)nc5)c5cccnc45)c4cccc-3c24)cc1. The van der Waals surface area contributed by atoms with Crippen LogP contribution < -0.4 is 0 Å². The third-order valence-corrected chi connectivity index (χ3v) is 11.0. The maximum atomic E-state index is 5.03. The maximum absolute atomic E-state index is 5.03. The molecule has 0 atom stereocenters. The van der Waals surface area contributed by atoms with Crippen LogP contribution in [0.1, 0.15) is 0 Å². The molecule has 0 amide bonds. The molecule has 3 heteroatoms. The zero-order chi connectivity index (χ0) is 35.6. The zero-order valence-corrected chi connectivity index (χ0v) is 29.2. The predicted octanol–water partition coefficient (Wildman–Crippen LogP) is 13.3. The van der Waals surface area contributed by atoms with Gasteiger partial charge in [-0.05, 0) is 101 Å². The van der Waals surface area contributed by atoms with E-state index in [1.165, 1.54) is 71.6 Å². The van der Waals surface area contributed by atoms with Crippen LogP contribution >= 0.6 is 0 Å². The van der Waals surface area contributed by atoms with Crippen LogP contribution in [0.25, 0.3) is 111 Å². The van der Waals surface area contributed by atoms with Gasteiger partial charge in [-0.1, -0.05) is 146 Å². The number of fused-ring (bicyclic) bond motifs is 5. The molecule has 0 unspecified atom stereocenters. The summed E-state index contributed by atoms with van der Waals surface area (Å²) in [6.07, 6.45) is 5.65. The standard InChI is InChI=1S/C51H31N3/c1-3-13-32(14-4-1)46-38-17-7-8-18-39(38)47(33-15-5-2-6-16-33)50-43-27-25-36(37-19-11-20-42(48(37)43)49(46)50)41-26-24-35(40-21-12-30-53-51(40)41)34-23-28-45(54-31-34)44-22-9-10-29-52-44/h1-31H. The van der Waals surface area contributed by atoms with Gasteiger partial charge >= 0.3 is 0 Å².